The molecule has 1 aliphatic carbocycles. The number of halogens is 2. The lowest BCUT2D eigenvalue weighted by atomic mass is 10.1. The number of alkyl halides is 1. The van der Waals surface area contributed by atoms with Crippen LogP contribution in [-0.4, -0.2) is 55.4 Å². The van der Waals surface area contributed by atoms with Crippen molar-refractivity contribution in [3.05, 3.63) is 42.3 Å². The van der Waals surface area contributed by atoms with Gasteiger partial charge < -0.3 is 9.84 Å². The molecule has 2 atom stereocenters. The number of cyclic esters (lactones) is 1. The van der Waals surface area contributed by atoms with E-state index in [4.69, 9.17) is 9.84 Å². The zero-order valence-electron chi connectivity index (χ0n) is 15.5. The Labute approximate surface area is 168 Å². The van der Waals surface area contributed by atoms with Gasteiger partial charge in [0.05, 0.1) is 18.3 Å². The maximum absolute atomic E-state index is 14.7. The fourth-order valence-corrected chi connectivity index (χ4v) is 3.22. The number of ether oxygens (including phenoxy) is 1. The maximum atomic E-state index is 14.7. The lowest BCUT2D eigenvalue weighted by Gasteiger charge is -2.14. The second-order valence-electron chi connectivity index (χ2n) is 7.17. The summed E-state index contributed by atoms with van der Waals surface area (Å²) in [5, 5.41) is 21.3. The summed E-state index contributed by atoms with van der Waals surface area (Å²) in [5.74, 6) is -0.182. The predicted octanol–water partition coefficient (Wildman–Crippen LogP) is 2.49. The molecule has 1 N–H and O–H groups in total. The Morgan fingerprint density at radius 2 is 2.07 bits per heavy atom. The van der Waals surface area contributed by atoms with Crippen LogP contribution in [0.3, 0.4) is 0 Å². The smallest absolute Gasteiger partial charge is 0.414 e. The zero-order chi connectivity index (χ0) is 20.8. The van der Waals surface area contributed by atoms with Crippen molar-refractivity contribution in [2.75, 3.05) is 11.4 Å². The molecule has 2 aliphatic rings. The molecule has 1 aromatic carbocycles. The minimum atomic E-state index is -2.30. The summed E-state index contributed by atoms with van der Waals surface area (Å²) >= 11 is 0. The number of amides is 1. The normalized spacial score (nSPS) is 19.8. The first-order valence-electron chi connectivity index (χ1n) is 9.36. The number of carbonyl (C=O) groups is 1. The average molecular weight is 414 g/mol. The molecule has 154 valence electrons. The molecule has 3 aromatic rings. The Morgan fingerprint density at radius 1 is 1.23 bits per heavy atom. The minimum absolute atomic E-state index is 0.204. The number of benzene rings is 1. The number of aromatic nitrogens is 5. The standard InChI is InChI=1S/C19H16F2N6O3/c20-14-7-12(26-9-16(17(21)28)30-19(26)29)4-5-13(14)10-1-6-15(22-8-10)18-23-25-27(24-18)11-2-3-11/h1,4-8,11,16-17,28H,2-3,9H2. The van der Waals surface area contributed by atoms with E-state index in [0.717, 1.165) is 23.8 Å². The summed E-state index contributed by atoms with van der Waals surface area (Å²) in [6.07, 6.45) is -0.855. The molecule has 2 fully saturated rings. The first-order valence-corrected chi connectivity index (χ1v) is 9.36. The van der Waals surface area contributed by atoms with Gasteiger partial charge in [-0.1, -0.05) is 6.07 Å². The van der Waals surface area contributed by atoms with Crippen molar-refractivity contribution in [3.63, 3.8) is 0 Å². The van der Waals surface area contributed by atoms with E-state index < -0.39 is 24.4 Å². The van der Waals surface area contributed by atoms with Crippen LogP contribution in [0.1, 0.15) is 18.9 Å². The molecule has 2 unspecified atom stereocenters. The molecule has 5 rings (SSSR count). The van der Waals surface area contributed by atoms with E-state index in [1.165, 1.54) is 18.3 Å². The third-order valence-electron chi connectivity index (χ3n) is 5.01. The van der Waals surface area contributed by atoms with Gasteiger partial charge in [-0.15, -0.1) is 10.2 Å². The second-order valence-corrected chi connectivity index (χ2v) is 7.17. The van der Waals surface area contributed by atoms with Gasteiger partial charge in [0.25, 0.3) is 0 Å². The molecule has 0 spiro atoms. The largest absolute Gasteiger partial charge is 0.438 e. The van der Waals surface area contributed by atoms with Gasteiger partial charge in [0.2, 0.25) is 12.2 Å². The molecule has 11 heteroatoms. The lowest BCUT2D eigenvalue weighted by molar-refractivity contribution is -0.0503. The van der Waals surface area contributed by atoms with Gasteiger partial charge in [0.1, 0.15) is 11.5 Å². The number of nitrogens with zero attached hydrogens (tertiary/aromatic N) is 6. The highest BCUT2D eigenvalue weighted by molar-refractivity contribution is 5.90. The summed E-state index contributed by atoms with van der Waals surface area (Å²) in [7, 11) is 0. The Balaban J connectivity index is 1.36. The third-order valence-corrected chi connectivity index (χ3v) is 5.01. The van der Waals surface area contributed by atoms with Crippen LogP contribution in [0.2, 0.25) is 0 Å². The summed E-state index contributed by atoms with van der Waals surface area (Å²) in [5.41, 5.74) is 1.54. The number of tetrazole rings is 1. The van der Waals surface area contributed by atoms with Gasteiger partial charge in [0, 0.05) is 17.3 Å². The van der Waals surface area contributed by atoms with E-state index in [1.807, 2.05) is 0 Å². The maximum Gasteiger partial charge on any atom is 0.414 e. The Bertz CT molecular complexity index is 1100. The quantitative estimate of drug-likeness (QED) is 0.684. The van der Waals surface area contributed by atoms with E-state index in [2.05, 4.69) is 20.4 Å². The zero-order valence-corrected chi connectivity index (χ0v) is 15.5. The lowest BCUT2D eigenvalue weighted by Crippen LogP contribution is -2.28. The van der Waals surface area contributed by atoms with Crippen LogP contribution in [0.5, 0.6) is 0 Å². The molecule has 0 bridgehead atoms. The van der Waals surface area contributed by atoms with E-state index in [-0.39, 0.29) is 17.8 Å². The van der Waals surface area contributed by atoms with Gasteiger partial charge in [0.15, 0.2) is 6.10 Å². The van der Waals surface area contributed by atoms with Crippen molar-refractivity contribution in [2.24, 2.45) is 0 Å². The molecule has 1 saturated carbocycles. The highest BCUT2D eigenvalue weighted by Crippen LogP contribution is 2.33. The van der Waals surface area contributed by atoms with Crippen molar-refractivity contribution in [2.45, 2.75) is 31.3 Å². The molecule has 1 amide bonds. The molecule has 1 aliphatic heterocycles. The number of anilines is 1. The van der Waals surface area contributed by atoms with Crippen LogP contribution >= 0.6 is 0 Å². The van der Waals surface area contributed by atoms with Crippen LogP contribution in [0.4, 0.5) is 19.3 Å². The molecule has 0 radical (unpaired) electrons. The molecule has 3 heterocycles. The van der Waals surface area contributed by atoms with Crippen LogP contribution in [0.15, 0.2) is 36.5 Å². The van der Waals surface area contributed by atoms with Gasteiger partial charge in [-0.05, 0) is 42.3 Å². The molecular weight excluding hydrogens is 398 g/mol. The fraction of sp³-hybridized carbons (Fsp3) is 0.316. The Hall–Kier alpha value is -3.47. The van der Waals surface area contributed by atoms with Crippen molar-refractivity contribution in [1.82, 2.24) is 25.2 Å². The number of pyridine rings is 1. The van der Waals surface area contributed by atoms with Gasteiger partial charge in [-0.3, -0.25) is 9.88 Å². The van der Waals surface area contributed by atoms with Crippen LogP contribution in [-0.2, 0) is 4.74 Å². The van der Waals surface area contributed by atoms with Crippen LogP contribution < -0.4 is 4.90 Å². The topological polar surface area (TPSA) is 106 Å². The summed E-state index contributed by atoms with van der Waals surface area (Å²) in [4.78, 5) is 18.8. The first kappa shape index (κ1) is 18.6. The average Bonchev–Trinajstić information content (AvgIpc) is 3.33. The highest BCUT2D eigenvalue weighted by Gasteiger charge is 2.37. The van der Waals surface area contributed by atoms with Crippen LogP contribution in [0, 0.1) is 5.82 Å². The number of hydrogen-bond donors (Lipinski definition) is 1. The number of aliphatic hydroxyl groups excluding tert-OH is 1. The summed E-state index contributed by atoms with van der Waals surface area (Å²) in [6.45, 7) is -0.208. The SMILES string of the molecule is O=C1OC(C(O)F)CN1c1ccc(-c2ccc(-c3nnn(C4CC4)n3)nc2)c(F)c1. The van der Waals surface area contributed by atoms with Crippen LogP contribution in [0.25, 0.3) is 22.6 Å². The molecular formula is C19H16F2N6O3. The highest BCUT2D eigenvalue weighted by atomic mass is 19.1. The Morgan fingerprint density at radius 3 is 2.70 bits per heavy atom. The number of carbonyl (C=O) groups excluding carboxylic acids is 1. The van der Waals surface area contributed by atoms with Gasteiger partial charge >= 0.3 is 6.09 Å². The summed E-state index contributed by atoms with van der Waals surface area (Å²) in [6, 6.07) is 7.85. The number of aliphatic hydroxyl groups is 1. The molecule has 30 heavy (non-hydrogen) atoms. The Kier molecular flexibility index (Phi) is 4.39. The number of hydrogen-bond acceptors (Lipinski definition) is 7. The third kappa shape index (κ3) is 3.36. The van der Waals surface area contributed by atoms with Crippen molar-refractivity contribution >= 4 is 11.8 Å². The van der Waals surface area contributed by atoms with Gasteiger partial charge in [-0.2, -0.15) is 4.80 Å². The number of rotatable bonds is 5. The molecule has 1 saturated heterocycles. The van der Waals surface area contributed by atoms with E-state index in [1.54, 1.807) is 16.9 Å². The van der Waals surface area contributed by atoms with E-state index >= 15 is 0 Å². The summed E-state index contributed by atoms with van der Waals surface area (Å²) < 4.78 is 32.4. The van der Waals surface area contributed by atoms with Gasteiger partial charge in [-0.25, -0.2) is 13.6 Å². The van der Waals surface area contributed by atoms with Crippen molar-refractivity contribution in [3.8, 4) is 22.6 Å². The molecule has 9 nitrogen and oxygen atoms in total. The van der Waals surface area contributed by atoms with E-state index in [9.17, 15) is 13.6 Å². The molecule has 2 aromatic heterocycles. The van der Waals surface area contributed by atoms with Crippen molar-refractivity contribution < 1.29 is 23.4 Å². The second kappa shape index (κ2) is 7.10. The fourth-order valence-electron chi connectivity index (χ4n) is 3.22. The van der Waals surface area contributed by atoms with Crippen molar-refractivity contribution in [1.29, 1.82) is 0 Å². The first-order chi connectivity index (χ1) is 14.5. The minimum Gasteiger partial charge on any atom is -0.438 e. The predicted molar refractivity (Wildman–Crippen MR) is 99.4 cm³/mol. The monoisotopic (exact) mass is 414 g/mol. The van der Waals surface area contributed by atoms with E-state index in [0.29, 0.717) is 23.1 Å².